The Morgan fingerprint density at radius 3 is 2.64 bits per heavy atom. The lowest BCUT2D eigenvalue weighted by Crippen LogP contribution is -2.36. The summed E-state index contributed by atoms with van der Waals surface area (Å²) < 4.78 is 33.2. The number of ether oxygens (including phenoxy) is 1. The van der Waals surface area contributed by atoms with Gasteiger partial charge in [-0.15, -0.1) is 11.3 Å². The summed E-state index contributed by atoms with van der Waals surface area (Å²) in [5.41, 5.74) is 2.78. The maximum Gasteiger partial charge on any atom is 0.268 e. The van der Waals surface area contributed by atoms with Crippen molar-refractivity contribution in [2.75, 3.05) is 26.3 Å². The predicted octanol–water partition coefficient (Wildman–Crippen LogP) is 3.58. The summed E-state index contributed by atoms with van der Waals surface area (Å²) in [6.45, 7) is 5.75. The first-order valence-corrected chi connectivity index (χ1v) is 9.95. The molecule has 0 spiro atoms. The molecule has 0 unspecified atom stereocenters. The molecule has 0 radical (unpaired) electrons. The standard InChI is InChI=1S/C20H21F2N3O2S/c1-12-6-17-19(28-12)16(11-25-2-4-27-5-3-25)18(24-17)20(26)23-10-13-7-14(21)9-15(22)8-13/h6-9,24H,2-5,10-11H2,1H3,(H,23,26). The van der Waals surface area contributed by atoms with Crippen LogP contribution in [0.25, 0.3) is 10.2 Å². The maximum absolute atomic E-state index is 13.4. The first-order valence-electron chi connectivity index (χ1n) is 9.14. The van der Waals surface area contributed by atoms with E-state index in [0.717, 1.165) is 34.9 Å². The number of H-pyrrole nitrogens is 1. The number of aromatic nitrogens is 1. The van der Waals surface area contributed by atoms with E-state index in [4.69, 9.17) is 4.74 Å². The van der Waals surface area contributed by atoms with Gasteiger partial charge in [-0.2, -0.15) is 0 Å². The smallest absolute Gasteiger partial charge is 0.268 e. The molecule has 1 fully saturated rings. The molecule has 0 aliphatic carbocycles. The molecule has 1 amide bonds. The Morgan fingerprint density at radius 1 is 1.21 bits per heavy atom. The maximum atomic E-state index is 13.4. The molecule has 0 saturated carbocycles. The van der Waals surface area contributed by atoms with E-state index in [1.165, 1.54) is 17.0 Å². The van der Waals surface area contributed by atoms with Crippen LogP contribution in [0, 0.1) is 18.6 Å². The number of benzene rings is 1. The number of thiophene rings is 1. The Bertz CT molecular complexity index is 988. The van der Waals surface area contributed by atoms with Gasteiger partial charge in [0.1, 0.15) is 17.3 Å². The zero-order chi connectivity index (χ0) is 19.7. The Labute approximate surface area is 165 Å². The van der Waals surface area contributed by atoms with E-state index in [1.54, 1.807) is 11.3 Å². The van der Waals surface area contributed by atoms with Crippen molar-refractivity contribution in [3.63, 3.8) is 0 Å². The number of morpholine rings is 1. The summed E-state index contributed by atoms with van der Waals surface area (Å²) in [6, 6.07) is 5.28. The van der Waals surface area contributed by atoms with Crippen molar-refractivity contribution in [1.29, 1.82) is 0 Å². The number of nitrogens with zero attached hydrogens (tertiary/aromatic N) is 1. The molecule has 28 heavy (non-hydrogen) atoms. The number of nitrogens with one attached hydrogen (secondary N) is 2. The summed E-state index contributed by atoms with van der Waals surface area (Å²) >= 11 is 1.66. The molecule has 2 aromatic heterocycles. The third-order valence-corrected chi connectivity index (χ3v) is 5.89. The van der Waals surface area contributed by atoms with Gasteiger partial charge >= 0.3 is 0 Å². The summed E-state index contributed by atoms with van der Waals surface area (Å²) in [7, 11) is 0. The van der Waals surface area contributed by atoms with Gasteiger partial charge in [0, 0.05) is 42.7 Å². The Balaban J connectivity index is 1.56. The fourth-order valence-electron chi connectivity index (χ4n) is 3.47. The fraction of sp³-hybridized carbons (Fsp3) is 0.350. The molecular formula is C20H21F2N3O2S. The van der Waals surface area contributed by atoms with Crippen LogP contribution >= 0.6 is 11.3 Å². The molecule has 1 aromatic carbocycles. The molecule has 5 nitrogen and oxygen atoms in total. The number of aryl methyl sites for hydroxylation is 1. The first kappa shape index (κ1) is 19.0. The van der Waals surface area contributed by atoms with Crippen molar-refractivity contribution in [2.24, 2.45) is 0 Å². The molecule has 4 rings (SSSR count). The largest absolute Gasteiger partial charge is 0.379 e. The fourth-order valence-corrected chi connectivity index (χ4v) is 4.47. The Kier molecular flexibility index (Phi) is 5.43. The summed E-state index contributed by atoms with van der Waals surface area (Å²) in [4.78, 5) is 19.5. The van der Waals surface area contributed by atoms with E-state index in [0.29, 0.717) is 31.0 Å². The van der Waals surface area contributed by atoms with E-state index in [1.807, 2.05) is 13.0 Å². The second kappa shape index (κ2) is 7.98. The van der Waals surface area contributed by atoms with Crippen molar-refractivity contribution < 1.29 is 18.3 Å². The number of carbonyl (C=O) groups is 1. The van der Waals surface area contributed by atoms with Crippen molar-refractivity contribution >= 4 is 27.5 Å². The molecule has 0 bridgehead atoms. The lowest BCUT2D eigenvalue weighted by atomic mass is 10.2. The van der Waals surface area contributed by atoms with Gasteiger partial charge in [0.05, 0.1) is 23.4 Å². The third kappa shape index (κ3) is 4.09. The highest BCUT2D eigenvalue weighted by atomic mass is 32.1. The third-order valence-electron chi connectivity index (χ3n) is 4.78. The van der Waals surface area contributed by atoms with Crippen LogP contribution in [-0.2, 0) is 17.8 Å². The molecule has 3 heterocycles. The molecule has 0 atom stereocenters. The average molecular weight is 405 g/mol. The molecule has 148 valence electrons. The highest BCUT2D eigenvalue weighted by molar-refractivity contribution is 7.19. The van der Waals surface area contributed by atoms with E-state index in [-0.39, 0.29) is 12.5 Å². The van der Waals surface area contributed by atoms with Crippen LogP contribution in [0.4, 0.5) is 8.78 Å². The van der Waals surface area contributed by atoms with Crippen LogP contribution in [0.5, 0.6) is 0 Å². The van der Waals surface area contributed by atoms with Gasteiger partial charge in [0.2, 0.25) is 0 Å². The number of halogens is 2. The van der Waals surface area contributed by atoms with Crippen molar-refractivity contribution in [3.05, 3.63) is 57.6 Å². The number of fused-ring (bicyclic) bond motifs is 1. The van der Waals surface area contributed by atoms with Gasteiger partial charge in [-0.1, -0.05) is 0 Å². The van der Waals surface area contributed by atoms with E-state index < -0.39 is 11.6 Å². The minimum absolute atomic E-state index is 0.0518. The van der Waals surface area contributed by atoms with Crippen LogP contribution < -0.4 is 5.32 Å². The molecule has 2 N–H and O–H groups in total. The minimum atomic E-state index is -0.659. The highest BCUT2D eigenvalue weighted by Crippen LogP contribution is 2.32. The van der Waals surface area contributed by atoms with Crippen molar-refractivity contribution in [2.45, 2.75) is 20.0 Å². The Hall–Kier alpha value is -2.29. The van der Waals surface area contributed by atoms with Gasteiger partial charge in [-0.3, -0.25) is 9.69 Å². The van der Waals surface area contributed by atoms with E-state index >= 15 is 0 Å². The molecular weight excluding hydrogens is 384 g/mol. The number of rotatable bonds is 5. The minimum Gasteiger partial charge on any atom is -0.379 e. The van der Waals surface area contributed by atoms with Gasteiger partial charge in [-0.05, 0) is 30.7 Å². The van der Waals surface area contributed by atoms with E-state index in [2.05, 4.69) is 15.2 Å². The number of hydrogen-bond donors (Lipinski definition) is 2. The molecule has 1 saturated heterocycles. The van der Waals surface area contributed by atoms with Crippen LogP contribution in [0.2, 0.25) is 0 Å². The zero-order valence-corrected chi connectivity index (χ0v) is 16.3. The van der Waals surface area contributed by atoms with Gasteiger partial charge in [0.25, 0.3) is 5.91 Å². The normalized spacial score (nSPS) is 15.2. The summed E-state index contributed by atoms with van der Waals surface area (Å²) in [5, 5.41) is 2.77. The second-order valence-electron chi connectivity index (χ2n) is 6.93. The number of hydrogen-bond acceptors (Lipinski definition) is 4. The van der Waals surface area contributed by atoms with Crippen LogP contribution in [0.3, 0.4) is 0 Å². The Morgan fingerprint density at radius 2 is 1.93 bits per heavy atom. The summed E-state index contributed by atoms with van der Waals surface area (Å²) in [5.74, 6) is -1.60. The highest BCUT2D eigenvalue weighted by Gasteiger charge is 2.22. The topological polar surface area (TPSA) is 57.4 Å². The van der Waals surface area contributed by atoms with Crippen LogP contribution in [0.1, 0.15) is 26.5 Å². The van der Waals surface area contributed by atoms with Crippen molar-refractivity contribution in [3.8, 4) is 0 Å². The quantitative estimate of drug-likeness (QED) is 0.682. The lowest BCUT2D eigenvalue weighted by Gasteiger charge is -2.26. The zero-order valence-electron chi connectivity index (χ0n) is 15.5. The lowest BCUT2D eigenvalue weighted by molar-refractivity contribution is 0.0342. The molecule has 3 aromatic rings. The SMILES string of the molecule is Cc1cc2[nH]c(C(=O)NCc3cc(F)cc(F)c3)c(CN3CCOCC3)c2s1. The van der Waals surface area contributed by atoms with Crippen LogP contribution in [0.15, 0.2) is 24.3 Å². The average Bonchev–Trinajstić information content (AvgIpc) is 3.17. The van der Waals surface area contributed by atoms with Gasteiger partial charge in [-0.25, -0.2) is 8.78 Å². The van der Waals surface area contributed by atoms with Gasteiger partial charge < -0.3 is 15.0 Å². The monoisotopic (exact) mass is 405 g/mol. The van der Waals surface area contributed by atoms with Gasteiger partial charge in [0.15, 0.2) is 0 Å². The number of aromatic amines is 1. The molecule has 1 aliphatic heterocycles. The second-order valence-corrected chi connectivity index (χ2v) is 8.18. The molecule has 1 aliphatic rings. The summed E-state index contributed by atoms with van der Waals surface area (Å²) in [6.07, 6.45) is 0. The molecule has 8 heteroatoms. The predicted molar refractivity (Wildman–Crippen MR) is 105 cm³/mol. The van der Waals surface area contributed by atoms with E-state index in [9.17, 15) is 13.6 Å². The number of amides is 1. The van der Waals surface area contributed by atoms with Crippen LogP contribution in [-0.4, -0.2) is 42.1 Å². The first-order chi connectivity index (χ1) is 13.5. The number of carbonyl (C=O) groups excluding carboxylic acids is 1. The van der Waals surface area contributed by atoms with Crippen molar-refractivity contribution in [1.82, 2.24) is 15.2 Å².